The van der Waals surface area contributed by atoms with Crippen LogP contribution in [0.25, 0.3) is 0 Å². The van der Waals surface area contributed by atoms with Crippen LogP contribution in [0.2, 0.25) is 0 Å². The van der Waals surface area contributed by atoms with E-state index in [9.17, 15) is 10.2 Å². The molecule has 0 amide bonds. The van der Waals surface area contributed by atoms with E-state index in [4.69, 9.17) is 20.3 Å². The maximum Gasteiger partial charge on any atom is 0.175 e. The molecule has 114 valence electrons. The first-order valence-corrected chi connectivity index (χ1v) is 7.11. The van der Waals surface area contributed by atoms with E-state index in [-0.39, 0.29) is 6.61 Å². The van der Waals surface area contributed by atoms with Gasteiger partial charge in [0, 0.05) is 6.61 Å². The van der Waals surface area contributed by atoms with Crippen molar-refractivity contribution in [1.82, 2.24) is 0 Å². The van der Waals surface area contributed by atoms with Crippen LogP contribution in [0.5, 0.6) is 0 Å². The van der Waals surface area contributed by atoms with Gasteiger partial charge in [0.2, 0.25) is 0 Å². The maximum absolute atomic E-state index is 9.74. The predicted octanol–water partition coefficient (Wildman–Crippen LogP) is -0.260. The highest BCUT2D eigenvalue weighted by atomic mass is 16.7. The monoisotopic (exact) mass is 277 g/mol. The number of rotatable bonds is 8. The SMILES string of the molecule is CCCCCCCO[C@@H]1OC(CO)[C@H](O)C(O)[C@@H]1N. The Morgan fingerprint density at radius 1 is 1.11 bits per heavy atom. The standard InChI is InChI=1S/C13H27NO5/c1-2-3-4-5-6-7-18-13-10(14)12(17)11(16)9(8-15)19-13/h9-13,15-17H,2-8,14H2,1H3/t9?,10-,11-,12?,13+/m0/s1. The Bertz CT molecular complexity index is 239. The van der Waals surface area contributed by atoms with E-state index < -0.39 is 30.6 Å². The zero-order valence-electron chi connectivity index (χ0n) is 11.6. The van der Waals surface area contributed by atoms with Gasteiger partial charge in [0.1, 0.15) is 18.3 Å². The summed E-state index contributed by atoms with van der Waals surface area (Å²) in [6, 6.07) is -0.798. The van der Waals surface area contributed by atoms with Gasteiger partial charge in [-0.05, 0) is 6.42 Å². The quantitative estimate of drug-likeness (QED) is 0.456. The number of aliphatic hydroxyl groups excluding tert-OH is 3. The summed E-state index contributed by atoms with van der Waals surface area (Å²) in [6.45, 7) is 2.29. The molecule has 0 aromatic heterocycles. The summed E-state index contributed by atoms with van der Waals surface area (Å²) in [4.78, 5) is 0. The number of aliphatic hydroxyl groups is 3. The molecule has 6 nitrogen and oxygen atoms in total. The molecule has 5 N–H and O–H groups in total. The third-order valence-corrected chi connectivity index (χ3v) is 3.46. The summed E-state index contributed by atoms with van der Waals surface area (Å²) >= 11 is 0. The Labute approximate surface area is 114 Å². The molecule has 0 aromatic carbocycles. The van der Waals surface area contributed by atoms with E-state index in [2.05, 4.69) is 6.92 Å². The molecule has 0 spiro atoms. The van der Waals surface area contributed by atoms with Crippen molar-refractivity contribution in [3.63, 3.8) is 0 Å². The van der Waals surface area contributed by atoms with Crippen molar-refractivity contribution in [1.29, 1.82) is 0 Å². The predicted molar refractivity (Wildman–Crippen MR) is 70.4 cm³/mol. The minimum absolute atomic E-state index is 0.374. The van der Waals surface area contributed by atoms with Crippen molar-refractivity contribution in [2.75, 3.05) is 13.2 Å². The summed E-state index contributed by atoms with van der Waals surface area (Å²) in [7, 11) is 0. The van der Waals surface area contributed by atoms with Gasteiger partial charge in [0.05, 0.1) is 12.6 Å². The van der Waals surface area contributed by atoms with Gasteiger partial charge in [0.15, 0.2) is 6.29 Å². The van der Waals surface area contributed by atoms with Gasteiger partial charge in [-0.2, -0.15) is 0 Å². The molecule has 6 heteroatoms. The molecule has 0 saturated carbocycles. The molecule has 0 aromatic rings. The lowest BCUT2D eigenvalue weighted by Gasteiger charge is -2.40. The van der Waals surface area contributed by atoms with Gasteiger partial charge in [-0.1, -0.05) is 32.6 Å². The van der Waals surface area contributed by atoms with Gasteiger partial charge >= 0.3 is 0 Å². The minimum Gasteiger partial charge on any atom is -0.394 e. The van der Waals surface area contributed by atoms with E-state index in [0.29, 0.717) is 6.61 Å². The third-order valence-electron chi connectivity index (χ3n) is 3.46. The molecule has 2 unspecified atom stereocenters. The smallest absolute Gasteiger partial charge is 0.175 e. The van der Waals surface area contributed by atoms with Gasteiger partial charge in [0.25, 0.3) is 0 Å². The fourth-order valence-corrected chi connectivity index (χ4v) is 2.16. The molecule has 1 aliphatic heterocycles. The largest absolute Gasteiger partial charge is 0.394 e. The minimum atomic E-state index is -1.18. The van der Waals surface area contributed by atoms with E-state index in [1.807, 2.05) is 0 Å². The molecule has 19 heavy (non-hydrogen) atoms. The van der Waals surface area contributed by atoms with Crippen LogP contribution in [0, 0.1) is 0 Å². The molecular formula is C13H27NO5. The van der Waals surface area contributed by atoms with Crippen molar-refractivity contribution < 1.29 is 24.8 Å². The fraction of sp³-hybridized carbons (Fsp3) is 1.00. The van der Waals surface area contributed by atoms with Gasteiger partial charge < -0.3 is 30.5 Å². The van der Waals surface area contributed by atoms with Crippen LogP contribution < -0.4 is 5.73 Å². The highest BCUT2D eigenvalue weighted by Crippen LogP contribution is 2.20. The van der Waals surface area contributed by atoms with Crippen LogP contribution in [-0.2, 0) is 9.47 Å². The molecule has 1 saturated heterocycles. The van der Waals surface area contributed by atoms with Crippen molar-refractivity contribution in [3.8, 4) is 0 Å². The Morgan fingerprint density at radius 2 is 1.79 bits per heavy atom. The number of nitrogens with two attached hydrogens (primary N) is 1. The Hall–Kier alpha value is -0.240. The first kappa shape index (κ1) is 16.8. The number of hydrogen-bond acceptors (Lipinski definition) is 6. The lowest BCUT2D eigenvalue weighted by Crippen LogP contribution is -2.62. The van der Waals surface area contributed by atoms with E-state index in [1.54, 1.807) is 0 Å². The van der Waals surface area contributed by atoms with E-state index in [0.717, 1.165) is 12.8 Å². The van der Waals surface area contributed by atoms with Crippen molar-refractivity contribution in [3.05, 3.63) is 0 Å². The molecule has 0 radical (unpaired) electrons. The Balaban J connectivity index is 2.28. The van der Waals surface area contributed by atoms with E-state index in [1.165, 1.54) is 19.3 Å². The van der Waals surface area contributed by atoms with Gasteiger partial charge in [-0.15, -0.1) is 0 Å². The molecule has 5 atom stereocenters. The highest BCUT2D eigenvalue weighted by molar-refractivity contribution is 4.91. The lowest BCUT2D eigenvalue weighted by atomic mass is 9.98. The molecular weight excluding hydrogens is 250 g/mol. The second-order valence-electron chi connectivity index (χ2n) is 5.07. The molecule has 1 rings (SSSR count). The average Bonchev–Trinajstić information content (AvgIpc) is 2.42. The lowest BCUT2D eigenvalue weighted by molar-refractivity contribution is -0.265. The number of ether oxygens (including phenoxy) is 2. The van der Waals surface area contributed by atoms with Crippen LogP contribution in [0.4, 0.5) is 0 Å². The normalized spacial score (nSPS) is 35.5. The number of unbranched alkanes of at least 4 members (excludes halogenated alkanes) is 4. The third kappa shape index (κ3) is 4.98. The summed E-state index contributed by atoms with van der Waals surface area (Å²) < 4.78 is 10.8. The molecule has 1 aliphatic rings. The fourth-order valence-electron chi connectivity index (χ4n) is 2.16. The van der Waals surface area contributed by atoms with Crippen LogP contribution in [0.1, 0.15) is 39.0 Å². The maximum atomic E-state index is 9.74. The second-order valence-corrected chi connectivity index (χ2v) is 5.07. The summed E-state index contributed by atoms with van der Waals surface area (Å²) in [5.41, 5.74) is 5.75. The summed E-state index contributed by atoms with van der Waals surface area (Å²) in [5.74, 6) is 0. The molecule has 0 bridgehead atoms. The molecule has 1 fully saturated rings. The molecule has 0 aliphatic carbocycles. The Morgan fingerprint density at radius 3 is 2.42 bits per heavy atom. The second kappa shape index (κ2) is 8.84. The summed E-state index contributed by atoms with van der Waals surface area (Å²) in [5, 5.41) is 28.4. The summed E-state index contributed by atoms with van der Waals surface area (Å²) in [6.07, 6.45) is 1.65. The van der Waals surface area contributed by atoms with Crippen LogP contribution in [0.3, 0.4) is 0 Å². The highest BCUT2D eigenvalue weighted by Gasteiger charge is 2.42. The Kier molecular flexibility index (Phi) is 7.82. The van der Waals surface area contributed by atoms with Crippen LogP contribution in [-0.4, -0.2) is 59.2 Å². The average molecular weight is 277 g/mol. The van der Waals surface area contributed by atoms with Crippen LogP contribution in [0.15, 0.2) is 0 Å². The van der Waals surface area contributed by atoms with Gasteiger partial charge in [-0.3, -0.25) is 0 Å². The van der Waals surface area contributed by atoms with E-state index >= 15 is 0 Å². The van der Waals surface area contributed by atoms with Crippen molar-refractivity contribution >= 4 is 0 Å². The van der Waals surface area contributed by atoms with Gasteiger partial charge in [-0.25, -0.2) is 0 Å². The topological polar surface area (TPSA) is 105 Å². The zero-order chi connectivity index (χ0) is 14.3. The zero-order valence-corrected chi connectivity index (χ0v) is 11.6. The first-order chi connectivity index (χ1) is 9.11. The van der Waals surface area contributed by atoms with Crippen molar-refractivity contribution in [2.24, 2.45) is 5.73 Å². The first-order valence-electron chi connectivity index (χ1n) is 7.11. The number of hydrogen-bond donors (Lipinski definition) is 4. The van der Waals surface area contributed by atoms with Crippen molar-refractivity contribution in [2.45, 2.75) is 69.7 Å². The van der Waals surface area contributed by atoms with Crippen LogP contribution >= 0.6 is 0 Å². The molecule has 1 heterocycles.